The molecule has 0 aliphatic carbocycles. The average Bonchev–Trinajstić information content (AvgIpc) is 3.16. The van der Waals surface area contributed by atoms with E-state index in [2.05, 4.69) is 21.1 Å². The van der Waals surface area contributed by atoms with Crippen LogP contribution in [0.5, 0.6) is 0 Å². The number of nitrogens with one attached hydrogen (secondary N) is 1. The van der Waals surface area contributed by atoms with Crippen molar-refractivity contribution in [3.05, 3.63) is 57.3 Å². The quantitative estimate of drug-likeness (QED) is 0.752. The summed E-state index contributed by atoms with van der Waals surface area (Å²) in [4.78, 5) is 13.1. The topological polar surface area (TPSA) is 42.0 Å². The summed E-state index contributed by atoms with van der Waals surface area (Å²) in [5, 5.41) is 7.02. The van der Waals surface area contributed by atoms with Gasteiger partial charge in [-0.05, 0) is 58.2 Å². The minimum atomic E-state index is -0.284. The predicted molar refractivity (Wildman–Crippen MR) is 86.9 cm³/mol. The number of hydrogen-bond donors (Lipinski definition) is 1. The van der Waals surface area contributed by atoms with Crippen LogP contribution in [0, 0.1) is 5.82 Å². The van der Waals surface area contributed by atoms with Crippen molar-refractivity contribution >= 4 is 34.5 Å². The molecule has 0 fully saturated rings. The third-order valence-corrected chi connectivity index (χ3v) is 5.41. The third-order valence-electron chi connectivity index (χ3n) is 3.75. The summed E-state index contributed by atoms with van der Waals surface area (Å²) in [5.41, 5.74) is 3.44. The molecular formula is C16H11FN2OS2. The molecule has 0 saturated heterocycles. The molecular weight excluding hydrogens is 319 g/mol. The summed E-state index contributed by atoms with van der Waals surface area (Å²) in [6.07, 6.45) is 0.439. The Morgan fingerprint density at radius 2 is 2.05 bits per heavy atom. The SMILES string of the molecule is O=C1C[C@H](c2ccsc2)c2snc(-c3ccc(F)cc3)c2N1. The largest absolute Gasteiger partial charge is 0.323 e. The Hall–Kier alpha value is -2.05. The summed E-state index contributed by atoms with van der Waals surface area (Å²) >= 11 is 3.03. The van der Waals surface area contributed by atoms with E-state index in [9.17, 15) is 9.18 Å². The Balaban J connectivity index is 1.82. The van der Waals surface area contributed by atoms with Gasteiger partial charge in [0.1, 0.15) is 11.5 Å². The molecule has 0 saturated carbocycles. The number of rotatable bonds is 2. The summed E-state index contributed by atoms with van der Waals surface area (Å²) in [5.74, 6) is -0.234. The lowest BCUT2D eigenvalue weighted by Gasteiger charge is -2.21. The number of aromatic nitrogens is 1. The molecule has 6 heteroatoms. The van der Waals surface area contributed by atoms with Crippen molar-refractivity contribution in [3.63, 3.8) is 0 Å². The van der Waals surface area contributed by atoms with Gasteiger partial charge in [-0.1, -0.05) is 0 Å². The number of hydrogen-bond acceptors (Lipinski definition) is 4. The fraction of sp³-hybridized carbons (Fsp3) is 0.125. The second-order valence-electron chi connectivity index (χ2n) is 5.14. The highest BCUT2D eigenvalue weighted by Crippen LogP contribution is 2.44. The molecule has 1 amide bonds. The van der Waals surface area contributed by atoms with Crippen LogP contribution in [0.3, 0.4) is 0 Å². The van der Waals surface area contributed by atoms with Crippen molar-refractivity contribution in [2.45, 2.75) is 12.3 Å². The van der Waals surface area contributed by atoms with E-state index < -0.39 is 0 Å². The molecule has 1 atom stereocenters. The molecule has 0 bridgehead atoms. The van der Waals surface area contributed by atoms with Gasteiger partial charge in [0.05, 0.1) is 10.6 Å². The normalized spacial score (nSPS) is 17.1. The van der Waals surface area contributed by atoms with Crippen molar-refractivity contribution in [2.24, 2.45) is 0 Å². The molecule has 0 unspecified atom stereocenters. The van der Waals surface area contributed by atoms with Gasteiger partial charge in [-0.3, -0.25) is 4.79 Å². The summed E-state index contributed by atoms with van der Waals surface area (Å²) in [7, 11) is 0. The fourth-order valence-corrected chi connectivity index (χ4v) is 4.36. The lowest BCUT2D eigenvalue weighted by Crippen LogP contribution is -2.22. The Morgan fingerprint density at radius 1 is 1.23 bits per heavy atom. The van der Waals surface area contributed by atoms with Gasteiger partial charge in [0.25, 0.3) is 0 Å². The molecule has 3 nitrogen and oxygen atoms in total. The van der Waals surface area contributed by atoms with Crippen LogP contribution < -0.4 is 5.32 Å². The summed E-state index contributed by atoms with van der Waals surface area (Å²) < 4.78 is 17.6. The minimum absolute atomic E-state index is 0.00717. The lowest BCUT2D eigenvalue weighted by atomic mass is 9.91. The van der Waals surface area contributed by atoms with Gasteiger partial charge in [-0.25, -0.2) is 4.39 Å². The number of benzene rings is 1. The van der Waals surface area contributed by atoms with E-state index in [4.69, 9.17) is 0 Å². The first kappa shape index (κ1) is 13.6. The smallest absolute Gasteiger partial charge is 0.225 e. The van der Waals surface area contributed by atoms with Crippen LogP contribution in [0.15, 0.2) is 41.1 Å². The molecule has 3 heterocycles. The first-order chi connectivity index (χ1) is 10.7. The molecule has 1 aliphatic heterocycles. The van der Waals surface area contributed by atoms with Crippen LogP contribution in [-0.2, 0) is 4.79 Å². The van der Waals surface area contributed by atoms with E-state index in [-0.39, 0.29) is 17.6 Å². The third kappa shape index (κ3) is 2.24. The molecule has 3 aromatic rings. The maximum Gasteiger partial charge on any atom is 0.225 e. The van der Waals surface area contributed by atoms with E-state index in [1.54, 1.807) is 23.5 Å². The van der Waals surface area contributed by atoms with Crippen molar-refractivity contribution < 1.29 is 9.18 Å². The van der Waals surface area contributed by atoms with Gasteiger partial charge in [-0.2, -0.15) is 15.7 Å². The highest BCUT2D eigenvalue weighted by Gasteiger charge is 2.31. The van der Waals surface area contributed by atoms with Gasteiger partial charge >= 0.3 is 0 Å². The number of anilines is 1. The Bertz CT molecular complexity index is 824. The molecule has 4 rings (SSSR count). The number of halogens is 1. The van der Waals surface area contributed by atoms with Crippen LogP contribution in [0.25, 0.3) is 11.3 Å². The predicted octanol–water partition coefficient (Wildman–Crippen LogP) is 4.48. The van der Waals surface area contributed by atoms with Crippen molar-refractivity contribution in [3.8, 4) is 11.3 Å². The Morgan fingerprint density at radius 3 is 2.77 bits per heavy atom. The van der Waals surface area contributed by atoms with E-state index >= 15 is 0 Å². The highest BCUT2D eigenvalue weighted by atomic mass is 32.1. The lowest BCUT2D eigenvalue weighted by molar-refractivity contribution is -0.116. The van der Waals surface area contributed by atoms with Gasteiger partial charge in [0, 0.05) is 17.9 Å². The van der Waals surface area contributed by atoms with Gasteiger partial charge in [0.15, 0.2) is 0 Å². The first-order valence-corrected chi connectivity index (χ1v) is 8.51. The van der Waals surface area contributed by atoms with E-state index in [1.807, 2.05) is 5.38 Å². The second kappa shape index (κ2) is 5.30. The Kier molecular flexibility index (Phi) is 3.28. The number of fused-ring (bicyclic) bond motifs is 1. The summed E-state index contributed by atoms with van der Waals surface area (Å²) in [6.45, 7) is 0. The van der Waals surface area contributed by atoms with Crippen LogP contribution in [0.1, 0.15) is 22.8 Å². The summed E-state index contributed by atoms with van der Waals surface area (Å²) in [6, 6.07) is 8.23. The standard InChI is InChI=1S/C16H11FN2OS2/c17-11-3-1-9(2-4-11)14-15-16(22-19-14)12(7-13(20)18-15)10-5-6-21-8-10/h1-6,8,12H,7H2,(H,18,20)/t12-/m1/s1. The van der Waals surface area contributed by atoms with Crippen molar-refractivity contribution in [2.75, 3.05) is 5.32 Å². The average molecular weight is 330 g/mol. The van der Waals surface area contributed by atoms with Gasteiger partial charge in [-0.15, -0.1) is 0 Å². The molecule has 110 valence electrons. The molecule has 1 N–H and O–H groups in total. The Labute approximate surface area is 134 Å². The minimum Gasteiger partial charge on any atom is -0.323 e. The number of carbonyl (C=O) groups excluding carboxylic acids is 1. The molecule has 0 radical (unpaired) electrons. The molecule has 2 aromatic heterocycles. The van der Waals surface area contributed by atoms with Crippen LogP contribution in [0.4, 0.5) is 10.1 Å². The van der Waals surface area contributed by atoms with Crippen LogP contribution in [-0.4, -0.2) is 10.3 Å². The van der Waals surface area contributed by atoms with E-state index in [0.29, 0.717) is 12.1 Å². The molecule has 1 aliphatic rings. The molecule has 1 aromatic carbocycles. The zero-order chi connectivity index (χ0) is 15.1. The van der Waals surface area contributed by atoms with Crippen molar-refractivity contribution in [1.29, 1.82) is 0 Å². The number of amides is 1. The monoisotopic (exact) mass is 330 g/mol. The number of nitrogens with zero attached hydrogens (tertiary/aromatic N) is 1. The first-order valence-electron chi connectivity index (χ1n) is 6.80. The maximum atomic E-state index is 13.1. The van der Waals surface area contributed by atoms with Crippen LogP contribution in [0.2, 0.25) is 0 Å². The zero-order valence-electron chi connectivity index (χ0n) is 11.4. The number of carbonyl (C=O) groups is 1. The molecule has 22 heavy (non-hydrogen) atoms. The van der Waals surface area contributed by atoms with E-state index in [0.717, 1.165) is 21.7 Å². The fourth-order valence-electron chi connectivity index (χ4n) is 2.68. The van der Waals surface area contributed by atoms with E-state index in [1.165, 1.54) is 23.7 Å². The van der Waals surface area contributed by atoms with Crippen molar-refractivity contribution in [1.82, 2.24) is 4.37 Å². The number of thiophene rings is 1. The maximum absolute atomic E-state index is 13.1. The second-order valence-corrected chi connectivity index (χ2v) is 6.72. The van der Waals surface area contributed by atoms with Gasteiger partial charge in [0.2, 0.25) is 5.91 Å². The van der Waals surface area contributed by atoms with Gasteiger partial charge < -0.3 is 5.32 Å². The zero-order valence-corrected chi connectivity index (χ0v) is 13.0. The van der Waals surface area contributed by atoms with Crippen LogP contribution >= 0.6 is 22.9 Å². The molecule has 0 spiro atoms. The highest BCUT2D eigenvalue weighted by molar-refractivity contribution is 7.08.